The molecule has 0 spiro atoms. The molecule has 2 aromatic carbocycles. The van der Waals surface area contributed by atoms with Gasteiger partial charge in [-0.25, -0.2) is 14.8 Å². The van der Waals surface area contributed by atoms with Crippen LogP contribution in [-0.2, 0) is 23.6 Å². The number of nitrogens with zero attached hydrogens (tertiary/aromatic N) is 4. The van der Waals surface area contributed by atoms with Crippen LogP contribution in [0.25, 0.3) is 10.9 Å². The van der Waals surface area contributed by atoms with Crippen molar-refractivity contribution >= 4 is 22.6 Å². The number of fused-ring (bicyclic) bond motifs is 1. The number of nitrogens with one attached hydrogen (secondary N) is 1. The molecule has 13 heteroatoms. The third-order valence-corrected chi connectivity index (χ3v) is 10.0. The average molecular weight is 662 g/mol. The summed E-state index contributed by atoms with van der Waals surface area (Å²) in [6, 6.07) is 8.81. The van der Waals surface area contributed by atoms with Crippen LogP contribution in [-0.4, -0.2) is 93.9 Å². The number of aromatic nitrogens is 1. The second-order valence-corrected chi connectivity index (χ2v) is 12.8. The Morgan fingerprint density at radius 2 is 1.51 bits per heavy atom. The van der Waals surface area contributed by atoms with E-state index in [1.54, 1.807) is 18.2 Å². The van der Waals surface area contributed by atoms with Gasteiger partial charge in [0.2, 0.25) is 0 Å². The van der Waals surface area contributed by atoms with Crippen LogP contribution in [0.1, 0.15) is 59.2 Å². The molecule has 1 aliphatic carbocycles. The molecule has 2 saturated heterocycles. The molecule has 3 aliphatic rings. The predicted molar refractivity (Wildman–Crippen MR) is 164 cm³/mol. The first-order chi connectivity index (χ1) is 22.4. The Hall–Kier alpha value is -3.64. The fourth-order valence-electron chi connectivity index (χ4n) is 7.60. The van der Waals surface area contributed by atoms with Crippen molar-refractivity contribution in [1.82, 2.24) is 24.8 Å². The fourth-order valence-corrected chi connectivity index (χ4v) is 7.60. The maximum Gasteiger partial charge on any atom is 0.416 e. The molecule has 7 nitrogen and oxygen atoms in total. The van der Waals surface area contributed by atoms with Crippen molar-refractivity contribution in [3.8, 4) is 0 Å². The summed E-state index contributed by atoms with van der Waals surface area (Å²) < 4.78 is 83.5. The Labute approximate surface area is 268 Å². The number of hydrazine groups is 1. The highest BCUT2D eigenvalue weighted by Gasteiger charge is 2.50. The van der Waals surface area contributed by atoms with Crippen LogP contribution in [0.2, 0.25) is 0 Å². The van der Waals surface area contributed by atoms with Crippen LogP contribution in [0.15, 0.2) is 54.9 Å². The van der Waals surface area contributed by atoms with Crippen molar-refractivity contribution in [3.05, 3.63) is 77.1 Å². The van der Waals surface area contributed by atoms with E-state index >= 15 is 0 Å². The molecule has 1 unspecified atom stereocenters. The van der Waals surface area contributed by atoms with Crippen LogP contribution in [0, 0.1) is 0 Å². The van der Waals surface area contributed by atoms with E-state index in [-0.39, 0.29) is 25.6 Å². The SMILES string of the molecule is O=C=CN1CCN(N2CCN(C3CCCCC3)CC2)CC1(Cc1c[nH]c2ccccc12)C(=O)c1cc(C(F)(F)F)cc(C(F)(F)F)c1. The van der Waals surface area contributed by atoms with E-state index in [0.29, 0.717) is 43.4 Å². The minimum absolute atomic E-state index is 0.0190. The molecule has 1 N–H and O–H groups in total. The molecule has 3 fully saturated rings. The van der Waals surface area contributed by atoms with Crippen LogP contribution in [0.3, 0.4) is 0 Å². The third-order valence-electron chi connectivity index (χ3n) is 10.0. The number of H-pyrrole nitrogens is 1. The number of para-hydroxylation sites is 1. The molecule has 3 aromatic rings. The second kappa shape index (κ2) is 13.1. The smallest absolute Gasteiger partial charge is 0.361 e. The van der Waals surface area contributed by atoms with Crippen molar-refractivity contribution in [1.29, 1.82) is 0 Å². The Morgan fingerprint density at radius 3 is 2.15 bits per heavy atom. The van der Waals surface area contributed by atoms with Crippen LogP contribution in [0.4, 0.5) is 26.3 Å². The summed E-state index contributed by atoms with van der Waals surface area (Å²) in [5.74, 6) is 0.781. The number of rotatable bonds is 7. The van der Waals surface area contributed by atoms with Gasteiger partial charge in [-0.05, 0) is 42.7 Å². The highest BCUT2D eigenvalue weighted by Crippen LogP contribution is 2.39. The zero-order chi connectivity index (χ0) is 33.4. The molecule has 47 heavy (non-hydrogen) atoms. The molecule has 2 aliphatic heterocycles. The van der Waals surface area contributed by atoms with Gasteiger partial charge in [-0.1, -0.05) is 37.5 Å². The molecular weight excluding hydrogens is 624 g/mol. The minimum atomic E-state index is -5.13. The predicted octanol–water partition coefficient (Wildman–Crippen LogP) is 6.20. The van der Waals surface area contributed by atoms with Crippen molar-refractivity contribution in [2.24, 2.45) is 0 Å². The fraction of sp³-hybridized carbons (Fsp3) is 0.500. The molecular formula is C34H37F6N5O2. The van der Waals surface area contributed by atoms with Crippen molar-refractivity contribution < 1.29 is 35.9 Å². The topological polar surface area (TPSA) is 62.9 Å². The Morgan fingerprint density at radius 1 is 0.872 bits per heavy atom. The second-order valence-electron chi connectivity index (χ2n) is 12.8. The highest BCUT2D eigenvalue weighted by atomic mass is 19.4. The number of alkyl halides is 6. The van der Waals surface area contributed by atoms with Crippen LogP contribution >= 0.6 is 0 Å². The Kier molecular flexibility index (Phi) is 9.28. The standard InChI is InChI=1S/C34H37F6N5O2/c35-33(36,37)26-18-24(19-27(20-26)34(38,39)40)31(47)32(21-25-22-41-30-9-5-4-8-29(25)30)23-45(15-12-43(32)16-17-46)44-13-10-42(11-14-44)28-6-2-1-3-7-28/h4-5,8-9,16,18-20,22,28,41H,1-3,6-7,10-15,21,23H2. The van der Waals surface area contributed by atoms with Crippen molar-refractivity contribution in [3.63, 3.8) is 0 Å². The van der Waals surface area contributed by atoms with Gasteiger partial charge in [0.15, 0.2) is 5.78 Å². The molecule has 1 atom stereocenters. The highest BCUT2D eigenvalue weighted by molar-refractivity contribution is 6.04. The van der Waals surface area contributed by atoms with Crippen LogP contribution < -0.4 is 0 Å². The van der Waals surface area contributed by atoms with Crippen molar-refractivity contribution in [2.45, 2.75) is 62.5 Å². The number of aromatic amines is 1. The summed E-state index contributed by atoms with van der Waals surface area (Å²) in [6.45, 7) is 3.44. The maximum atomic E-state index is 14.7. The molecule has 6 rings (SSSR count). The number of Topliss-reactive ketones (excluding diaryl/α,β-unsaturated/α-hetero) is 1. The van der Waals surface area contributed by atoms with Gasteiger partial charge in [0, 0.05) is 80.9 Å². The Balaban J connectivity index is 1.41. The largest absolute Gasteiger partial charge is 0.416 e. The Bertz CT molecular complexity index is 1600. The average Bonchev–Trinajstić information content (AvgIpc) is 3.47. The minimum Gasteiger partial charge on any atom is -0.361 e. The maximum absolute atomic E-state index is 14.7. The first-order valence-corrected chi connectivity index (χ1v) is 16.0. The summed E-state index contributed by atoms with van der Waals surface area (Å²) in [6.07, 6.45) is -1.59. The lowest BCUT2D eigenvalue weighted by molar-refractivity contribution is -0.143. The summed E-state index contributed by atoms with van der Waals surface area (Å²) in [7, 11) is 0. The van der Waals surface area contributed by atoms with E-state index in [9.17, 15) is 35.9 Å². The lowest BCUT2D eigenvalue weighted by atomic mass is 9.79. The van der Waals surface area contributed by atoms with Gasteiger partial charge < -0.3 is 9.88 Å². The molecule has 3 heterocycles. The van der Waals surface area contributed by atoms with E-state index in [4.69, 9.17) is 0 Å². The number of hydrogen-bond acceptors (Lipinski definition) is 6. The first kappa shape index (κ1) is 33.3. The zero-order valence-electron chi connectivity index (χ0n) is 25.8. The number of hydrogen-bond donors (Lipinski definition) is 1. The van der Waals surface area contributed by atoms with E-state index in [2.05, 4.69) is 14.9 Å². The van der Waals surface area contributed by atoms with Gasteiger partial charge in [-0.3, -0.25) is 9.69 Å². The lowest BCUT2D eigenvalue weighted by Crippen LogP contribution is -2.69. The number of piperazine rings is 2. The quantitative estimate of drug-likeness (QED) is 0.185. The van der Waals surface area contributed by atoms with E-state index in [1.165, 1.54) is 24.2 Å². The number of carbonyl (C=O) groups is 1. The number of ketones is 1. The van der Waals surface area contributed by atoms with Gasteiger partial charge in [0.1, 0.15) is 11.5 Å². The molecule has 0 radical (unpaired) electrons. The monoisotopic (exact) mass is 661 g/mol. The van der Waals surface area contributed by atoms with E-state index < -0.39 is 40.4 Å². The summed E-state index contributed by atoms with van der Waals surface area (Å²) in [5.41, 5.74) is -4.18. The molecule has 252 valence electrons. The molecule has 0 amide bonds. The van der Waals surface area contributed by atoms with Crippen LogP contribution in [0.5, 0.6) is 0 Å². The first-order valence-electron chi connectivity index (χ1n) is 16.0. The molecule has 1 aromatic heterocycles. The van der Waals surface area contributed by atoms with E-state index in [1.807, 2.05) is 23.2 Å². The van der Waals surface area contributed by atoms with Gasteiger partial charge in [-0.2, -0.15) is 26.3 Å². The summed E-state index contributed by atoms with van der Waals surface area (Å²) >= 11 is 0. The van der Waals surface area contributed by atoms with Crippen molar-refractivity contribution in [2.75, 3.05) is 45.8 Å². The number of carbonyl (C=O) groups excluding carboxylic acids is 2. The lowest BCUT2D eigenvalue weighted by Gasteiger charge is -2.53. The number of halogens is 6. The summed E-state index contributed by atoms with van der Waals surface area (Å²) in [5, 5.41) is 4.87. The molecule has 1 saturated carbocycles. The van der Waals surface area contributed by atoms with Gasteiger partial charge in [-0.15, -0.1) is 0 Å². The van der Waals surface area contributed by atoms with Gasteiger partial charge in [0.25, 0.3) is 0 Å². The normalized spacial score (nSPS) is 22.8. The van der Waals surface area contributed by atoms with E-state index in [0.717, 1.165) is 43.0 Å². The third kappa shape index (κ3) is 6.85. The summed E-state index contributed by atoms with van der Waals surface area (Å²) in [4.78, 5) is 33.6. The van der Waals surface area contributed by atoms with Gasteiger partial charge >= 0.3 is 12.4 Å². The van der Waals surface area contributed by atoms with Gasteiger partial charge in [0.05, 0.1) is 17.3 Å². The number of benzene rings is 2. The zero-order valence-corrected chi connectivity index (χ0v) is 25.8. The molecule has 0 bridgehead atoms.